The van der Waals surface area contributed by atoms with E-state index in [0.29, 0.717) is 37.7 Å². The van der Waals surface area contributed by atoms with Crippen molar-refractivity contribution in [2.24, 2.45) is 5.92 Å². The fourth-order valence-electron chi connectivity index (χ4n) is 3.75. The van der Waals surface area contributed by atoms with Crippen molar-refractivity contribution >= 4 is 15.9 Å². The minimum absolute atomic E-state index is 0.0220. The lowest BCUT2D eigenvalue weighted by atomic mass is 10.1. The molecule has 3 rings (SSSR count). The van der Waals surface area contributed by atoms with Gasteiger partial charge in [0, 0.05) is 44.8 Å². The zero-order valence-corrected chi connectivity index (χ0v) is 17.6. The molecule has 28 heavy (non-hydrogen) atoms. The Balaban J connectivity index is 1.53. The van der Waals surface area contributed by atoms with Crippen LogP contribution < -0.4 is 5.32 Å². The van der Waals surface area contributed by atoms with E-state index < -0.39 is 10.0 Å². The number of sulfonamides is 1. The number of amides is 1. The van der Waals surface area contributed by atoms with Crippen LogP contribution in [0.25, 0.3) is 0 Å². The molecule has 2 saturated heterocycles. The average Bonchev–Trinajstić information content (AvgIpc) is 3.22. The van der Waals surface area contributed by atoms with Crippen molar-refractivity contribution < 1.29 is 17.9 Å². The predicted molar refractivity (Wildman–Crippen MR) is 108 cm³/mol. The molecule has 0 radical (unpaired) electrons. The van der Waals surface area contributed by atoms with E-state index in [1.54, 1.807) is 12.1 Å². The number of rotatable bonds is 7. The summed E-state index contributed by atoms with van der Waals surface area (Å²) in [6.45, 7) is 9.42. The van der Waals surface area contributed by atoms with E-state index in [1.165, 1.54) is 16.4 Å². The summed E-state index contributed by atoms with van der Waals surface area (Å²) in [4.78, 5) is 15.0. The first kappa shape index (κ1) is 21.2. The Morgan fingerprint density at radius 1 is 1.18 bits per heavy atom. The number of hydrogen-bond donors (Lipinski definition) is 1. The quantitative estimate of drug-likeness (QED) is 0.739. The molecule has 1 atom stereocenters. The molecule has 1 aromatic carbocycles. The Bertz CT molecular complexity index is 758. The Morgan fingerprint density at radius 2 is 1.86 bits per heavy atom. The lowest BCUT2D eigenvalue weighted by molar-refractivity contribution is -0.0295. The van der Waals surface area contributed by atoms with Crippen LogP contribution >= 0.6 is 0 Å². The third kappa shape index (κ3) is 5.31. The van der Waals surface area contributed by atoms with Gasteiger partial charge in [-0.25, -0.2) is 8.42 Å². The van der Waals surface area contributed by atoms with E-state index in [0.717, 1.165) is 32.5 Å². The molecular weight excluding hydrogens is 378 g/mol. The number of ether oxygens (including phenoxy) is 1. The second kappa shape index (κ2) is 9.35. The summed E-state index contributed by atoms with van der Waals surface area (Å²) < 4.78 is 32.4. The van der Waals surface area contributed by atoms with E-state index >= 15 is 0 Å². The van der Waals surface area contributed by atoms with Crippen LogP contribution in [0.1, 0.15) is 37.0 Å². The van der Waals surface area contributed by atoms with E-state index in [2.05, 4.69) is 24.1 Å². The highest BCUT2D eigenvalue weighted by atomic mass is 32.2. The molecule has 8 heteroatoms. The largest absolute Gasteiger partial charge is 0.374 e. The van der Waals surface area contributed by atoms with Gasteiger partial charge in [-0.1, -0.05) is 13.8 Å². The van der Waals surface area contributed by atoms with E-state index in [-0.39, 0.29) is 16.9 Å². The molecule has 1 aromatic rings. The van der Waals surface area contributed by atoms with Gasteiger partial charge in [-0.05, 0) is 43.0 Å². The molecule has 1 amide bonds. The summed E-state index contributed by atoms with van der Waals surface area (Å²) in [5, 5.41) is 2.91. The third-order valence-corrected chi connectivity index (χ3v) is 7.07. The zero-order chi connectivity index (χ0) is 20.1. The second-order valence-electron chi connectivity index (χ2n) is 7.99. The van der Waals surface area contributed by atoms with Gasteiger partial charge in [0.2, 0.25) is 10.0 Å². The monoisotopic (exact) mass is 409 g/mol. The molecule has 7 nitrogen and oxygen atoms in total. The van der Waals surface area contributed by atoms with Crippen LogP contribution in [0.15, 0.2) is 29.2 Å². The molecule has 0 saturated carbocycles. The molecular formula is C20H31N3O4S. The van der Waals surface area contributed by atoms with Gasteiger partial charge in [-0.15, -0.1) is 0 Å². The van der Waals surface area contributed by atoms with Gasteiger partial charge in [0.15, 0.2) is 0 Å². The normalized spacial score (nSPS) is 21.9. The minimum Gasteiger partial charge on any atom is -0.374 e. The number of nitrogens with one attached hydrogen (secondary N) is 1. The van der Waals surface area contributed by atoms with Crippen molar-refractivity contribution in [1.29, 1.82) is 0 Å². The number of morpholine rings is 1. The average molecular weight is 410 g/mol. The van der Waals surface area contributed by atoms with Crippen LogP contribution in [0.4, 0.5) is 0 Å². The Labute approximate surface area is 168 Å². The maximum atomic E-state index is 12.6. The Hall–Kier alpha value is -1.48. The molecule has 0 bridgehead atoms. The summed E-state index contributed by atoms with van der Waals surface area (Å²) in [5.41, 5.74) is 0.454. The van der Waals surface area contributed by atoms with Crippen molar-refractivity contribution in [1.82, 2.24) is 14.5 Å². The van der Waals surface area contributed by atoms with Crippen LogP contribution in [0.3, 0.4) is 0 Å². The lowest BCUT2D eigenvalue weighted by Gasteiger charge is -2.33. The lowest BCUT2D eigenvalue weighted by Crippen LogP contribution is -2.48. The highest BCUT2D eigenvalue weighted by Gasteiger charge is 2.27. The van der Waals surface area contributed by atoms with Gasteiger partial charge in [0.1, 0.15) is 0 Å². The maximum Gasteiger partial charge on any atom is 0.251 e. The second-order valence-corrected chi connectivity index (χ2v) is 9.93. The predicted octanol–water partition coefficient (Wildman–Crippen LogP) is 1.56. The van der Waals surface area contributed by atoms with Crippen LogP contribution in [0.2, 0.25) is 0 Å². The molecule has 0 spiro atoms. The van der Waals surface area contributed by atoms with Gasteiger partial charge < -0.3 is 10.1 Å². The number of benzene rings is 1. The summed E-state index contributed by atoms with van der Waals surface area (Å²) in [6, 6.07) is 6.18. The van der Waals surface area contributed by atoms with E-state index in [1.807, 2.05) is 0 Å². The molecule has 0 aliphatic carbocycles. The summed E-state index contributed by atoms with van der Waals surface area (Å²) >= 11 is 0. The summed E-state index contributed by atoms with van der Waals surface area (Å²) in [7, 11) is -3.45. The molecule has 156 valence electrons. The number of carbonyl (C=O) groups excluding carboxylic acids is 1. The fourth-order valence-corrected chi connectivity index (χ4v) is 5.27. The zero-order valence-electron chi connectivity index (χ0n) is 16.8. The van der Waals surface area contributed by atoms with Crippen LogP contribution in [0.5, 0.6) is 0 Å². The first-order valence-electron chi connectivity index (χ1n) is 10.1. The van der Waals surface area contributed by atoms with Crippen molar-refractivity contribution in [2.45, 2.75) is 37.7 Å². The first-order valence-corrected chi connectivity index (χ1v) is 11.5. The molecule has 0 aromatic heterocycles. The van der Waals surface area contributed by atoms with Crippen LogP contribution in [0, 0.1) is 5.92 Å². The van der Waals surface area contributed by atoms with Crippen molar-refractivity contribution in [2.75, 3.05) is 45.9 Å². The molecule has 2 aliphatic heterocycles. The van der Waals surface area contributed by atoms with Gasteiger partial charge in [0.25, 0.3) is 5.91 Å². The summed E-state index contributed by atoms with van der Waals surface area (Å²) in [5.74, 6) is 0.387. The van der Waals surface area contributed by atoms with Crippen molar-refractivity contribution in [3.63, 3.8) is 0 Å². The molecule has 1 N–H and O–H groups in total. The molecule has 2 fully saturated rings. The molecule has 0 unspecified atom stereocenters. The number of hydrogen-bond acceptors (Lipinski definition) is 5. The fraction of sp³-hybridized carbons (Fsp3) is 0.650. The third-order valence-electron chi connectivity index (χ3n) is 5.16. The Morgan fingerprint density at radius 3 is 2.50 bits per heavy atom. The van der Waals surface area contributed by atoms with Crippen molar-refractivity contribution in [3.8, 4) is 0 Å². The van der Waals surface area contributed by atoms with Crippen molar-refractivity contribution in [3.05, 3.63) is 29.8 Å². The van der Waals surface area contributed by atoms with Crippen LogP contribution in [-0.4, -0.2) is 75.5 Å². The number of nitrogens with zero attached hydrogens (tertiary/aromatic N) is 2. The van der Waals surface area contributed by atoms with Gasteiger partial charge in [-0.2, -0.15) is 4.31 Å². The highest BCUT2D eigenvalue weighted by molar-refractivity contribution is 7.89. The van der Waals surface area contributed by atoms with Gasteiger partial charge in [-0.3, -0.25) is 9.69 Å². The minimum atomic E-state index is -3.45. The molecule has 2 heterocycles. The Kier molecular flexibility index (Phi) is 7.09. The van der Waals surface area contributed by atoms with Gasteiger partial charge in [0.05, 0.1) is 17.6 Å². The topological polar surface area (TPSA) is 79.0 Å². The van der Waals surface area contributed by atoms with Gasteiger partial charge >= 0.3 is 0 Å². The first-order chi connectivity index (χ1) is 13.4. The maximum absolute atomic E-state index is 12.6. The standard InChI is InChI=1S/C20H31N3O4S/c1-16(2)14-22-11-12-27-18(15-22)13-21-20(24)17-5-7-19(8-6-17)28(25,26)23-9-3-4-10-23/h5-8,16,18H,3-4,9-15H2,1-2H3,(H,21,24)/t18-/m0/s1. The SMILES string of the molecule is CC(C)CN1CCO[C@@H](CNC(=O)c2ccc(S(=O)(=O)N3CCCC3)cc2)C1. The number of carbonyl (C=O) groups is 1. The highest BCUT2D eigenvalue weighted by Crippen LogP contribution is 2.21. The van der Waals surface area contributed by atoms with E-state index in [9.17, 15) is 13.2 Å². The molecule has 2 aliphatic rings. The summed E-state index contributed by atoms with van der Waals surface area (Å²) in [6.07, 6.45) is 1.78. The smallest absolute Gasteiger partial charge is 0.251 e. The van der Waals surface area contributed by atoms with E-state index in [4.69, 9.17) is 4.74 Å². The van der Waals surface area contributed by atoms with Crippen LogP contribution in [-0.2, 0) is 14.8 Å².